The molecular weight excluding hydrogens is 342 g/mol. The van der Waals surface area contributed by atoms with Crippen molar-refractivity contribution in [2.24, 2.45) is 0 Å². The van der Waals surface area contributed by atoms with Gasteiger partial charge in [0.1, 0.15) is 11.6 Å². The number of ether oxygens (including phenoxy) is 1. The van der Waals surface area contributed by atoms with Gasteiger partial charge in [-0.2, -0.15) is 0 Å². The third kappa shape index (κ3) is 4.42. The number of carboxylic acids is 1. The highest BCUT2D eigenvalue weighted by atomic mass is 79.9. The molecule has 9 heteroatoms. The van der Waals surface area contributed by atoms with Gasteiger partial charge in [0.2, 0.25) is 0 Å². The van der Waals surface area contributed by atoms with Gasteiger partial charge < -0.3 is 20.5 Å². The Bertz CT molecular complexity index is 527. The molecule has 0 heterocycles. The summed E-state index contributed by atoms with van der Waals surface area (Å²) in [5, 5.41) is 13.0. The van der Waals surface area contributed by atoms with Crippen molar-refractivity contribution < 1.29 is 28.2 Å². The van der Waals surface area contributed by atoms with E-state index < -0.39 is 29.7 Å². The Morgan fingerprint density at radius 1 is 1.40 bits per heavy atom. The van der Waals surface area contributed by atoms with Crippen LogP contribution in [0.1, 0.15) is 0 Å². The maximum absolute atomic E-state index is 13.4. The largest absolute Gasteiger partial charge is 0.480 e. The number of urea groups is 1. The fourth-order valence-electron chi connectivity index (χ4n) is 1.28. The maximum atomic E-state index is 13.4. The molecule has 0 fully saturated rings. The number of carbonyl (C=O) groups excluding carboxylic acids is 1. The first-order valence-corrected chi connectivity index (χ1v) is 6.08. The minimum Gasteiger partial charge on any atom is -0.480 e. The predicted molar refractivity (Wildman–Crippen MR) is 69.5 cm³/mol. The number of amides is 2. The fraction of sp³-hybridized carbons (Fsp3) is 0.273. The lowest BCUT2D eigenvalue weighted by atomic mass is 10.3. The molecule has 0 saturated carbocycles. The Hall–Kier alpha value is -1.74. The Labute approximate surface area is 121 Å². The molecule has 20 heavy (non-hydrogen) atoms. The molecule has 3 N–H and O–H groups in total. The molecule has 0 bridgehead atoms. The summed E-state index contributed by atoms with van der Waals surface area (Å²) in [6, 6.07) is -0.626. The molecule has 1 aromatic rings. The topological polar surface area (TPSA) is 87.7 Å². The lowest BCUT2D eigenvalue weighted by Crippen LogP contribution is -2.45. The number of aliphatic carboxylic acids is 1. The molecule has 6 nitrogen and oxygen atoms in total. The second kappa shape index (κ2) is 7.15. The van der Waals surface area contributed by atoms with E-state index in [9.17, 15) is 18.4 Å². The maximum Gasteiger partial charge on any atom is 0.328 e. The zero-order valence-electron chi connectivity index (χ0n) is 10.2. The zero-order chi connectivity index (χ0) is 15.3. The monoisotopic (exact) mass is 352 g/mol. The molecule has 0 aromatic heterocycles. The summed E-state index contributed by atoms with van der Waals surface area (Å²) in [5.41, 5.74) is -0.294. The van der Waals surface area contributed by atoms with Crippen LogP contribution in [0, 0.1) is 11.6 Å². The Kier molecular flexibility index (Phi) is 5.83. The molecule has 1 aromatic carbocycles. The number of hydrogen-bond donors (Lipinski definition) is 3. The van der Waals surface area contributed by atoms with Gasteiger partial charge in [0.15, 0.2) is 6.04 Å². The van der Waals surface area contributed by atoms with Crippen molar-refractivity contribution >= 4 is 33.6 Å². The first-order valence-electron chi connectivity index (χ1n) is 5.29. The first-order chi connectivity index (χ1) is 9.35. The van der Waals surface area contributed by atoms with Gasteiger partial charge in [-0.15, -0.1) is 0 Å². The highest BCUT2D eigenvalue weighted by molar-refractivity contribution is 9.10. The normalized spacial score (nSPS) is 11.8. The summed E-state index contributed by atoms with van der Waals surface area (Å²) >= 11 is 2.84. The number of halogens is 3. The van der Waals surface area contributed by atoms with Crippen molar-refractivity contribution in [1.29, 1.82) is 0 Å². The van der Waals surface area contributed by atoms with Crippen LogP contribution in [-0.4, -0.2) is 36.9 Å². The molecule has 1 rings (SSSR count). The van der Waals surface area contributed by atoms with Crippen molar-refractivity contribution in [3.8, 4) is 0 Å². The van der Waals surface area contributed by atoms with Crippen LogP contribution in [0.15, 0.2) is 16.6 Å². The second-order valence-electron chi connectivity index (χ2n) is 3.69. The highest BCUT2D eigenvalue weighted by Gasteiger charge is 2.20. The van der Waals surface area contributed by atoms with E-state index in [1.54, 1.807) is 0 Å². The van der Waals surface area contributed by atoms with Gasteiger partial charge in [0, 0.05) is 13.2 Å². The minimum atomic E-state index is -1.30. The van der Waals surface area contributed by atoms with Crippen LogP contribution in [0.4, 0.5) is 19.3 Å². The lowest BCUT2D eigenvalue weighted by Gasteiger charge is -2.14. The van der Waals surface area contributed by atoms with E-state index >= 15 is 0 Å². The van der Waals surface area contributed by atoms with Crippen LogP contribution in [0.3, 0.4) is 0 Å². The Morgan fingerprint density at radius 3 is 2.60 bits per heavy atom. The molecule has 0 aliphatic rings. The van der Waals surface area contributed by atoms with Crippen LogP contribution in [0.25, 0.3) is 0 Å². The van der Waals surface area contributed by atoms with Gasteiger partial charge >= 0.3 is 12.0 Å². The summed E-state index contributed by atoms with van der Waals surface area (Å²) in [6.07, 6.45) is 0. The van der Waals surface area contributed by atoms with Crippen molar-refractivity contribution in [1.82, 2.24) is 5.32 Å². The van der Waals surface area contributed by atoms with Gasteiger partial charge in [-0.25, -0.2) is 18.4 Å². The standard InChI is InChI=1S/C11H11BrF2N2O4/c1-20-4-9(10(17)18)16-11(19)15-8-2-5(12)6(13)3-7(8)14/h2-3,9H,4H2,1H3,(H,17,18)(H2,15,16,19). The smallest absolute Gasteiger partial charge is 0.328 e. The van der Waals surface area contributed by atoms with E-state index in [2.05, 4.69) is 31.3 Å². The van der Waals surface area contributed by atoms with Crippen LogP contribution < -0.4 is 10.6 Å². The molecule has 0 aliphatic heterocycles. The molecule has 110 valence electrons. The van der Waals surface area contributed by atoms with Crippen LogP contribution in [-0.2, 0) is 9.53 Å². The number of carbonyl (C=O) groups is 2. The molecular formula is C11H11BrF2N2O4. The molecule has 0 spiro atoms. The number of carboxylic acid groups (broad SMARTS) is 1. The number of methoxy groups -OCH3 is 1. The zero-order valence-corrected chi connectivity index (χ0v) is 11.8. The van der Waals surface area contributed by atoms with Crippen molar-refractivity contribution in [2.75, 3.05) is 19.0 Å². The SMILES string of the molecule is COCC(NC(=O)Nc1cc(Br)c(F)cc1F)C(=O)O. The summed E-state index contributed by atoms with van der Waals surface area (Å²) in [7, 11) is 1.27. The Balaban J connectivity index is 2.75. The lowest BCUT2D eigenvalue weighted by molar-refractivity contribution is -0.140. The quantitative estimate of drug-likeness (QED) is 0.706. The van der Waals surface area contributed by atoms with Crippen LogP contribution in [0.5, 0.6) is 0 Å². The Morgan fingerprint density at radius 2 is 2.05 bits per heavy atom. The second-order valence-corrected chi connectivity index (χ2v) is 4.55. The summed E-state index contributed by atoms with van der Waals surface area (Å²) in [5.74, 6) is -3.11. The van der Waals surface area contributed by atoms with Gasteiger partial charge in [-0.05, 0) is 22.0 Å². The number of nitrogens with one attached hydrogen (secondary N) is 2. The fourth-order valence-corrected chi connectivity index (χ4v) is 1.62. The van der Waals surface area contributed by atoms with E-state index in [0.29, 0.717) is 6.07 Å². The van der Waals surface area contributed by atoms with E-state index in [4.69, 9.17) is 5.11 Å². The van der Waals surface area contributed by atoms with Gasteiger partial charge in [0.25, 0.3) is 0 Å². The van der Waals surface area contributed by atoms with E-state index in [1.807, 2.05) is 0 Å². The number of rotatable bonds is 5. The third-order valence-corrected chi connectivity index (χ3v) is 2.80. The molecule has 1 unspecified atom stereocenters. The average molecular weight is 353 g/mol. The summed E-state index contributed by atoms with van der Waals surface area (Å²) in [6.45, 7) is -0.252. The van der Waals surface area contributed by atoms with Crippen molar-refractivity contribution in [3.05, 3.63) is 28.2 Å². The summed E-state index contributed by atoms with van der Waals surface area (Å²) < 4.78 is 31.0. The molecule has 2 amide bonds. The van der Waals surface area contributed by atoms with Crippen molar-refractivity contribution in [2.45, 2.75) is 6.04 Å². The number of benzene rings is 1. The molecule has 0 saturated heterocycles. The van der Waals surface area contributed by atoms with Crippen molar-refractivity contribution in [3.63, 3.8) is 0 Å². The molecule has 1 atom stereocenters. The van der Waals surface area contributed by atoms with Crippen LogP contribution >= 0.6 is 15.9 Å². The van der Waals surface area contributed by atoms with Crippen LogP contribution in [0.2, 0.25) is 0 Å². The van der Waals surface area contributed by atoms with E-state index in [-0.39, 0.29) is 16.8 Å². The third-order valence-electron chi connectivity index (χ3n) is 2.19. The number of hydrogen-bond acceptors (Lipinski definition) is 3. The van der Waals surface area contributed by atoms with Gasteiger partial charge in [-0.1, -0.05) is 0 Å². The summed E-state index contributed by atoms with van der Waals surface area (Å²) in [4.78, 5) is 22.3. The predicted octanol–water partition coefficient (Wildman–Crippen LogP) is 1.95. The average Bonchev–Trinajstić information content (AvgIpc) is 2.35. The van der Waals surface area contributed by atoms with E-state index in [1.165, 1.54) is 7.11 Å². The highest BCUT2D eigenvalue weighted by Crippen LogP contribution is 2.23. The van der Waals surface area contributed by atoms with Gasteiger partial charge in [0.05, 0.1) is 16.8 Å². The minimum absolute atomic E-state index is 0.0409. The first kappa shape index (κ1) is 16.3. The molecule has 0 radical (unpaired) electrons. The van der Waals surface area contributed by atoms with Gasteiger partial charge in [-0.3, -0.25) is 0 Å². The molecule has 0 aliphatic carbocycles. The number of anilines is 1. The van der Waals surface area contributed by atoms with E-state index in [0.717, 1.165) is 6.07 Å².